The number of fused-ring (bicyclic) bond motifs is 2. The molecule has 8 nitrogen and oxygen atoms in total. The molecule has 9 rings (SSSR count). The first kappa shape index (κ1) is 32.4. The number of halogens is 2. The van der Waals surface area contributed by atoms with Crippen LogP contribution in [0, 0.1) is 5.82 Å². The van der Waals surface area contributed by atoms with Crippen LogP contribution in [0.15, 0.2) is 122 Å². The molecular formula is C42H35ClFN5O3. The van der Waals surface area contributed by atoms with Crippen LogP contribution in [0.1, 0.15) is 23.1 Å². The highest BCUT2D eigenvalue weighted by Gasteiger charge is 2.57. The number of aromatic hydroxyl groups is 1. The molecule has 3 aliphatic heterocycles. The monoisotopic (exact) mass is 711 g/mol. The van der Waals surface area contributed by atoms with Crippen LogP contribution in [0.5, 0.6) is 11.5 Å². The van der Waals surface area contributed by atoms with E-state index in [2.05, 4.69) is 87.6 Å². The molecule has 2 fully saturated rings. The number of hydrogen-bond acceptors (Lipinski definition) is 7. The maximum absolute atomic E-state index is 15.0. The summed E-state index contributed by atoms with van der Waals surface area (Å²) in [6.45, 7) is 2.53. The third-order valence-electron chi connectivity index (χ3n) is 10.7. The van der Waals surface area contributed by atoms with Gasteiger partial charge >= 0.3 is 0 Å². The maximum Gasteiger partial charge on any atom is 0.241 e. The van der Waals surface area contributed by atoms with Crippen molar-refractivity contribution in [3.05, 3.63) is 149 Å². The summed E-state index contributed by atoms with van der Waals surface area (Å²) < 4.78 is 21.3. The zero-order chi connectivity index (χ0) is 35.4. The zero-order valence-corrected chi connectivity index (χ0v) is 29.0. The van der Waals surface area contributed by atoms with Crippen LogP contribution in [-0.2, 0) is 10.3 Å². The molecule has 1 unspecified atom stereocenters. The number of benzene rings is 5. The van der Waals surface area contributed by atoms with Crippen molar-refractivity contribution < 1.29 is 19.0 Å². The van der Waals surface area contributed by atoms with Crippen molar-refractivity contribution in [2.24, 2.45) is 0 Å². The number of carbonyl (C=O) groups is 1. The molecule has 3 aliphatic rings. The predicted molar refractivity (Wildman–Crippen MR) is 199 cm³/mol. The van der Waals surface area contributed by atoms with Crippen LogP contribution in [0.25, 0.3) is 22.0 Å². The Kier molecular flexibility index (Phi) is 8.05. The Balaban J connectivity index is 1.04. The fraction of sp³-hybridized carbons (Fsp3) is 0.214. The molecule has 0 spiro atoms. The second kappa shape index (κ2) is 12.9. The van der Waals surface area contributed by atoms with E-state index in [1.54, 1.807) is 6.07 Å². The number of nitrogens with zero attached hydrogens (tertiary/aromatic N) is 5. The quantitative estimate of drug-likeness (QED) is 0.144. The number of aromatic nitrogens is 2. The Labute approximate surface area is 305 Å². The second-order valence-corrected chi connectivity index (χ2v) is 13.9. The Morgan fingerprint density at radius 3 is 2.13 bits per heavy atom. The van der Waals surface area contributed by atoms with Gasteiger partial charge in [0.25, 0.3) is 0 Å². The van der Waals surface area contributed by atoms with Crippen LogP contribution in [0.2, 0.25) is 5.02 Å². The first-order chi connectivity index (χ1) is 25.5. The number of phenols is 1. The molecule has 0 radical (unpaired) electrons. The van der Waals surface area contributed by atoms with Crippen molar-refractivity contribution in [3.8, 4) is 22.6 Å². The highest BCUT2D eigenvalue weighted by atomic mass is 35.5. The van der Waals surface area contributed by atoms with Crippen molar-refractivity contribution in [2.45, 2.75) is 24.0 Å². The van der Waals surface area contributed by atoms with E-state index < -0.39 is 11.4 Å². The summed E-state index contributed by atoms with van der Waals surface area (Å²) in [5, 5.41) is 11.4. The predicted octanol–water partition coefficient (Wildman–Crippen LogP) is 7.27. The largest absolute Gasteiger partial charge is 0.507 e. The normalized spacial score (nSPS) is 19.7. The van der Waals surface area contributed by atoms with Gasteiger partial charge in [-0.25, -0.2) is 14.4 Å². The molecule has 1 aromatic heterocycles. The summed E-state index contributed by atoms with van der Waals surface area (Å²) in [5.74, 6) is 0.305. The van der Waals surface area contributed by atoms with E-state index in [0.717, 1.165) is 16.7 Å². The number of phenolic OH excluding ortho intramolecular Hbond substituents is 1. The van der Waals surface area contributed by atoms with Gasteiger partial charge in [-0.2, -0.15) is 0 Å². The van der Waals surface area contributed by atoms with Gasteiger partial charge < -0.3 is 19.6 Å². The van der Waals surface area contributed by atoms with E-state index in [1.807, 2.05) is 23.1 Å². The van der Waals surface area contributed by atoms with Gasteiger partial charge in [-0.3, -0.25) is 9.69 Å². The topological polar surface area (TPSA) is 81.8 Å². The van der Waals surface area contributed by atoms with Crippen LogP contribution >= 0.6 is 11.6 Å². The van der Waals surface area contributed by atoms with Gasteiger partial charge in [0.05, 0.1) is 39.7 Å². The van der Waals surface area contributed by atoms with E-state index in [1.165, 1.54) is 24.5 Å². The average molecular weight is 712 g/mol. The summed E-state index contributed by atoms with van der Waals surface area (Å²) in [4.78, 5) is 30.3. The molecule has 1 amide bonds. The number of piperazine rings is 1. The van der Waals surface area contributed by atoms with Gasteiger partial charge in [0.2, 0.25) is 5.91 Å². The van der Waals surface area contributed by atoms with E-state index in [0.29, 0.717) is 67.2 Å². The lowest BCUT2D eigenvalue weighted by molar-refractivity contribution is -0.132. The van der Waals surface area contributed by atoms with E-state index in [4.69, 9.17) is 21.3 Å². The molecule has 2 saturated heterocycles. The van der Waals surface area contributed by atoms with Gasteiger partial charge in [0.15, 0.2) is 5.75 Å². The minimum atomic E-state index is -0.645. The lowest BCUT2D eigenvalue weighted by atomic mass is 9.76. The van der Waals surface area contributed by atoms with Crippen LogP contribution in [0.3, 0.4) is 0 Å². The lowest BCUT2D eigenvalue weighted by Gasteiger charge is -2.44. The molecule has 0 aliphatic carbocycles. The zero-order valence-electron chi connectivity index (χ0n) is 28.2. The standard InChI is InChI=1S/C42H35ClFN5O3/c43-38-31(36-32(44)17-10-18-35(36)50)23-33-37-39(38)52-22-19-30-24-47(20-21-48(30)40(37)46-26-45-33)41(51)34-25-49(34)42(27-11-4-1-5-12-27,28-13-6-2-7-14-28)29-15-8-3-9-16-29/h1-18,23,26,30,34,50H,19-22,24-25H2/t30-,34-,49?/m1/s1. The lowest BCUT2D eigenvalue weighted by Crippen LogP contribution is -2.57. The summed E-state index contributed by atoms with van der Waals surface area (Å²) in [7, 11) is 0. The molecule has 1 N–H and O–H groups in total. The smallest absolute Gasteiger partial charge is 0.241 e. The number of anilines is 1. The van der Waals surface area contributed by atoms with Crippen LogP contribution < -0.4 is 9.64 Å². The average Bonchev–Trinajstić information content (AvgIpc) is 3.97. The summed E-state index contributed by atoms with van der Waals surface area (Å²) in [5.41, 5.74) is 3.51. The van der Waals surface area contributed by atoms with Gasteiger partial charge in [0.1, 0.15) is 29.8 Å². The van der Waals surface area contributed by atoms with Crippen LogP contribution in [0.4, 0.5) is 10.2 Å². The number of hydrogen-bond donors (Lipinski definition) is 1. The first-order valence-corrected chi connectivity index (χ1v) is 17.9. The molecule has 3 atom stereocenters. The summed E-state index contributed by atoms with van der Waals surface area (Å²) >= 11 is 6.93. The van der Waals surface area contributed by atoms with Crippen molar-refractivity contribution >= 4 is 34.2 Å². The Morgan fingerprint density at radius 2 is 1.50 bits per heavy atom. The van der Waals surface area contributed by atoms with Gasteiger partial charge in [-0.05, 0) is 34.9 Å². The van der Waals surface area contributed by atoms with Crippen molar-refractivity contribution in [1.82, 2.24) is 19.8 Å². The second-order valence-electron chi connectivity index (χ2n) is 13.5. The van der Waals surface area contributed by atoms with Gasteiger partial charge in [0, 0.05) is 38.2 Å². The molecule has 6 aromatic rings. The van der Waals surface area contributed by atoms with Gasteiger partial charge in [-0.1, -0.05) is 109 Å². The summed E-state index contributed by atoms with van der Waals surface area (Å²) in [6.07, 6.45) is 2.09. The molecule has 5 aromatic carbocycles. The molecule has 0 bridgehead atoms. The van der Waals surface area contributed by atoms with Crippen molar-refractivity contribution in [2.75, 3.05) is 37.7 Å². The third kappa shape index (κ3) is 5.18. The van der Waals surface area contributed by atoms with E-state index >= 15 is 0 Å². The number of amides is 1. The number of ether oxygens (including phenoxy) is 1. The van der Waals surface area contributed by atoms with E-state index in [9.17, 15) is 14.3 Å². The molecule has 10 heteroatoms. The molecule has 52 heavy (non-hydrogen) atoms. The molecular weight excluding hydrogens is 677 g/mol. The summed E-state index contributed by atoms with van der Waals surface area (Å²) in [6, 6.07) is 36.8. The highest BCUT2D eigenvalue weighted by molar-refractivity contribution is 6.36. The van der Waals surface area contributed by atoms with Crippen molar-refractivity contribution in [3.63, 3.8) is 0 Å². The van der Waals surface area contributed by atoms with Crippen molar-refractivity contribution in [1.29, 1.82) is 0 Å². The first-order valence-electron chi connectivity index (χ1n) is 17.5. The highest BCUT2D eigenvalue weighted by Crippen LogP contribution is 2.50. The minimum Gasteiger partial charge on any atom is -0.507 e. The SMILES string of the molecule is O=C([C@H]1CN1C(c1ccccc1)(c1ccccc1)c1ccccc1)N1CCN2c3ncnc4cc(-c5c(O)cccc5F)c(Cl)c(c34)OCC[C@@H]2C1. The Bertz CT molecular complexity index is 2180. The molecule has 0 saturated carbocycles. The number of rotatable bonds is 6. The minimum absolute atomic E-state index is 0.00796. The molecule has 4 heterocycles. The van der Waals surface area contributed by atoms with Crippen LogP contribution in [-0.4, -0.2) is 75.7 Å². The van der Waals surface area contributed by atoms with Gasteiger partial charge in [-0.15, -0.1) is 0 Å². The number of carbonyl (C=O) groups excluding carboxylic acids is 1. The molecule has 260 valence electrons. The fourth-order valence-electron chi connectivity index (χ4n) is 8.31. The fourth-order valence-corrected chi connectivity index (χ4v) is 8.61. The Morgan fingerprint density at radius 1 is 0.846 bits per heavy atom. The third-order valence-corrected chi connectivity index (χ3v) is 11.1. The Hall–Kier alpha value is -5.51. The van der Waals surface area contributed by atoms with E-state index in [-0.39, 0.29) is 34.3 Å². The maximum atomic E-state index is 15.0.